The van der Waals surface area contributed by atoms with Crippen molar-refractivity contribution in [1.82, 2.24) is 8.61 Å². The van der Waals surface area contributed by atoms with Crippen LogP contribution in [0.1, 0.15) is 49.6 Å². The third-order valence-corrected chi connectivity index (χ3v) is 8.07. The van der Waals surface area contributed by atoms with Gasteiger partial charge in [-0.3, -0.25) is 4.79 Å². The molecule has 1 saturated heterocycles. The minimum Gasteiger partial charge on any atom is -0.466 e. The Labute approximate surface area is 153 Å². The predicted molar refractivity (Wildman–Crippen MR) is 97.6 cm³/mol. The molecule has 0 saturated carbocycles. The molecular formula is C17H26N2O4S2. The highest BCUT2D eigenvalue weighted by molar-refractivity contribution is 7.86. The molecule has 1 aromatic heterocycles. The minimum absolute atomic E-state index is 0.108. The highest BCUT2D eigenvalue weighted by Gasteiger charge is 2.41. The molecule has 1 aromatic rings. The Balaban J connectivity index is 1.80. The summed E-state index contributed by atoms with van der Waals surface area (Å²) in [7, 11) is -3.58. The molecule has 140 valence electrons. The van der Waals surface area contributed by atoms with Crippen LogP contribution >= 0.6 is 11.3 Å². The normalized spacial score (nSPS) is 25.5. The SMILES string of the molecule is CCOC(=O)[C@@H]1CCCN(S(=O)(=O)N2CCc3sccc3[C@H]2CC)C1. The van der Waals surface area contributed by atoms with Crippen molar-refractivity contribution in [3.05, 3.63) is 21.9 Å². The molecule has 0 aromatic carbocycles. The maximum atomic E-state index is 13.3. The molecule has 0 aliphatic carbocycles. The van der Waals surface area contributed by atoms with Crippen molar-refractivity contribution < 1.29 is 17.9 Å². The van der Waals surface area contributed by atoms with E-state index in [2.05, 4.69) is 0 Å². The molecule has 2 atom stereocenters. The third kappa shape index (κ3) is 3.63. The number of piperidine rings is 1. The van der Waals surface area contributed by atoms with E-state index in [1.807, 2.05) is 18.4 Å². The molecule has 2 aliphatic rings. The molecule has 0 N–H and O–H groups in total. The lowest BCUT2D eigenvalue weighted by Crippen LogP contribution is -2.51. The number of hydrogen-bond donors (Lipinski definition) is 0. The van der Waals surface area contributed by atoms with Gasteiger partial charge in [0.1, 0.15) is 0 Å². The van der Waals surface area contributed by atoms with Gasteiger partial charge in [-0.25, -0.2) is 0 Å². The van der Waals surface area contributed by atoms with Crippen molar-refractivity contribution >= 4 is 27.5 Å². The molecule has 8 heteroatoms. The van der Waals surface area contributed by atoms with E-state index >= 15 is 0 Å². The Bertz CT molecular complexity index is 716. The fraction of sp³-hybridized carbons (Fsp3) is 0.706. The average Bonchev–Trinajstić information content (AvgIpc) is 3.10. The van der Waals surface area contributed by atoms with Crippen LogP contribution in [-0.4, -0.2) is 49.2 Å². The first kappa shape index (κ1) is 18.8. The van der Waals surface area contributed by atoms with Crippen LogP contribution in [0.2, 0.25) is 0 Å². The summed E-state index contributed by atoms with van der Waals surface area (Å²) in [5.74, 6) is -0.641. The van der Waals surface area contributed by atoms with Crippen LogP contribution in [0.25, 0.3) is 0 Å². The zero-order valence-corrected chi connectivity index (χ0v) is 16.4. The highest BCUT2D eigenvalue weighted by atomic mass is 32.2. The van der Waals surface area contributed by atoms with E-state index in [1.54, 1.807) is 22.6 Å². The van der Waals surface area contributed by atoms with E-state index in [0.29, 0.717) is 32.5 Å². The number of carbonyl (C=O) groups excluding carboxylic acids is 1. The summed E-state index contributed by atoms with van der Waals surface area (Å²) in [5.41, 5.74) is 1.14. The fourth-order valence-corrected chi connectivity index (χ4v) is 6.69. The number of carbonyl (C=O) groups is 1. The predicted octanol–water partition coefficient (Wildman–Crippen LogP) is 2.58. The van der Waals surface area contributed by atoms with Crippen LogP contribution in [0, 0.1) is 5.92 Å². The molecule has 6 nitrogen and oxygen atoms in total. The molecule has 0 amide bonds. The van der Waals surface area contributed by atoms with Gasteiger partial charge in [-0.05, 0) is 49.6 Å². The van der Waals surface area contributed by atoms with Crippen molar-refractivity contribution in [3.63, 3.8) is 0 Å². The van der Waals surface area contributed by atoms with Crippen molar-refractivity contribution in [3.8, 4) is 0 Å². The second kappa shape index (κ2) is 7.73. The summed E-state index contributed by atoms with van der Waals surface area (Å²) in [5, 5.41) is 2.04. The Kier molecular flexibility index (Phi) is 5.82. The van der Waals surface area contributed by atoms with Crippen LogP contribution < -0.4 is 0 Å². The molecule has 25 heavy (non-hydrogen) atoms. The van der Waals surface area contributed by atoms with Crippen LogP contribution in [0.15, 0.2) is 11.4 Å². The number of fused-ring (bicyclic) bond motifs is 1. The van der Waals surface area contributed by atoms with Crippen LogP contribution in [-0.2, 0) is 26.2 Å². The third-order valence-electron chi connectivity index (χ3n) is 5.06. The van der Waals surface area contributed by atoms with E-state index in [1.165, 1.54) is 9.18 Å². The monoisotopic (exact) mass is 386 g/mol. The number of esters is 1. The topological polar surface area (TPSA) is 66.9 Å². The summed E-state index contributed by atoms with van der Waals surface area (Å²) < 4.78 is 34.8. The van der Waals surface area contributed by atoms with Gasteiger partial charge in [-0.1, -0.05) is 6.92 Å². The maximum Gasteiger partial charge on any atom is 0.310 e. The molecule has 1 fully saturated rings. The smallest absolute Gasteiger partial charge is 0.310 e. The molecule has 3 rings (SSSR count). The van der Waals surface area contributed by atoms with Crippen LogP contribution in [0.4, 0.5) is 0 Å². The van der Waals surface area contributed by atoms with E-state index in [-0.39, 0.29) is 24.5 Å². The lowest BCUT2D eigenvalue weighted by Gasteiger charge is -2.39. The maximum absolute atomic E-state index is 13.3. The molecule has 3 heterocycles. The van der Waals surface area contributed by atoms with Crippen LogP contribution in [0.5, 0.6) is 0 Å². The Hall–Kier alpha value is -0.960. The van der Waals surface area contributed by atoms with Crippen molar-refractivity contribution in [2.75, 3.05) is 26.2 Å². The Morgan fingerprint density at radius 2 is 2.16 bits per heavy atom. The van der Waals surface area contributed by atoms with Gasteiger partial charge >= 0.3 is 5.97 Å². The summed E-state index contributed by atoms with van der Waals surface area (Å²) >= 11 is 1.71. The Morgan fingerprint density at radius 3 is 2.88 bits per heavy atom. The van der Waals surface area contributed by atoms with Gasteiger partial charge in [0.25, 0.3) is 10.2 Å². The average molecular weight is 387 g/mol. The first-order valence-electron chi connectivity index (χ1n) is 8.98. The molecular weight excluding hydrogens is 360 g/mol. The molecule has 2 aliphatic heterocycles. The highest BCUT2D eigenvalue weighted by Crippen LogP contribution is 2.38. The van der Waals surface area contributed by atoms with Gasteiger partial charge in [-0.15, -0.1) is 11.3 Å². The van der Waals surface area contributed by atoms with E-state index in [0.717, 1.165) is 18.4 Å². The van der Waals surface area contributed by atoms with Crippen molar-refractivity contribution in [1.29, 1.82) is 0 Å². The largest absolute Gasteiger partial charge is 0.466 e. The van der Waals surface area contributed by atoms with Gasteiger partial charge in [0.2, 0.25) is 0 Å². The molecule has 0 spiro atoms. The van der Waals surface area contributed by atoms with E-state index < -0.39 is 10.2 Å². The van der Waals surface area contributed by atoms with E-state index in [4.69, 9.17) is 4.74 Å². The van der Waals surface area contributed by atoms with Gasteiger partial charge < -0.3 is 4.74 Å². The molecule has 0 bridgehead atoms. The summed E-state index contributed by atoms with van der Waals surface area (Å²) in [6.07, 6.45) is 2.89. The van der Waals surface area contributed by atoms with E-state index in [9.17, 15) is 13.2 Å². The lowest BCUT2D eigenvalue weighted by molar-refractivity contribution is -0.149. The van der Waals surface area contributed by atoms with Gasteiger partial charge in [0, 0.05) is 24.5 Å². The number of rotatable bonds is 5. The zero-order valence-electron chi connectivity index (χ0n) is 14.8. The van der Waals surface area contributed by atoms with Crippen molar-refractivity contribution in [2.24, 2.45) is 5.92 Å². The standard InChI is InChI=1S/C17H26N2O4S2/c1-3-15-14-8-11-24-16(14)7-10-19(15)25(21,22)18-9-5-6-13(12-18)17(20)23-4-2/h8,11,13,15H,3-7,9-10,12H2,1-2H3/t13-,15-/m1/s1. The molecule has 0 radical (unpaired) electrons. The minimum atomic E-state index is -3.58. The van der Waals surface area contributed by atoms with Crippen LogP contribution in [0.3, 0.4) is 0 Å². The number of thiophene rings is 1. The number of hydrogen-bond acceptors (Lipinski definition) is 5. The van der Waals surface area contributed by atoms with Gasteiger partial charge in [0.15, 0.2) is 0 Å². The lowest BCUT2D eigenvalue weighted by atomic mass is 10.00. The van der Waals surface area contributed by atoms with Crippen molar-refractivity contribution in [2.45, 2.75) is 45.6 Å². The van der Waals surface area contributed by atoms with Gasteiger partial charge in [-0.2, -0.15) is 17.0 Å². The summed E-state index contributed by atoms with van der Waals surface area (Å²) in [4.78, 5) is 13.3. The zero-order chi connectivity index (χ0) is 18.0. The number of nitrogens with zero attached hydrogens (tertiary/aromatic N) is 2. The number of ether oxygens (including phenoxy) is 1. The summed E-state index contributed by atoms with van der Waals surface area (Å²) in [6.45, 7) is 5.33. The molecule has 0 unspecified atom stereocenters. The first-order chi connectivity index (χ1) is 12.0. The second-order valence-electron chi connectivity index (χ2n) is 6.54. The summed E-state index contributed by atoms with van der Waals surface area (Å²) in [6, 6.07) is 1.94. The second-order valence-corrected chi connectivity index (χ2v) is 9.42. The first-order valence-corrected chi connectivity index (χ1v) is 11.3. The fourth-order valence-electron chi connectivity index (χ4n) is 3.83. The van der Waals surface area contributed by atoms with Gasteiger partial charge in [0.05, 0.1) is 18.6 Å². The quantitative estimate of drug-likeness (QED) is 0.730. The Morgan fingerprint density at radius 1 is 1.36 bits per heavy atom.